The summed E-state index contributed by atoms with van der Waals surface area (Å²) < 4.78 is 12.5. The molecule has 42 heavy (non-hydrogen) atoms. The number of carbonyl (C=O) groups excluding carboxylic acids is 4. The maximum absolute atomic E-state index is 14.0. The van der Waals surface area contributed by atoms with E-state index in [0.29, 0.717) is 37.9 Å². The van der Waals surface area contributed by atoms with Crippen molar-refractivity contribution in [1.82, 2.24) is 15.1 Å². The van der Waals surface area contributed by atoms with Crippen LogP contribution in [0.5, 0.6) is 0 Å². The Morgan fingerprint density at radius 3 is 2.69 bits per heavy atom. The lowest BCUT2D eigenvalue weighted by Crippen LogP contribution is -2.56. The summed E-state index contributed by atoms with van der Waals surface area (Å²) in [7, 11) is 0. The molecule has 0 radical (unpaired) electrons. The van der Waals surface area contributed by atoms with Crippen LogP contribution in [0.2, 0.25) is 0 Å². The van der Waals surface area contributed by atoms with Crippen molar-refractivity contribution >= 4 is 23.7 Å². The highest BCUT2D eigenvalue weighted by Crippen LogP contribution is 2.59. The van der Waals surface area contributed by atoms with E-state index in [-0.39, 0.29) is 43.8 Å². The molecule has 0 unspecified atom stereocenters. The van der Waals surface area contributed by atoms with Gasteiger partial charge in [-0.2, -0.15) is 0 Å². The first-order valence-electron chi connectivity index (χ1n) is 14.9. The number of benzene rings is 1. The number of aliphatic hydroxyl groups excluding tert-OH is 1. The molecule has 3 fully saturated rings. The standard InChI is InChI=1S/C32H43N3O7/c1-4-7-14-25(37)33-21-24(22-12-10-9-11-13-22)41-31(40)26-23-15-16-32(42-23)27(26)29(38)35(19-20-36)28(32)30(39)34(17-6-3)18-8-5-2/h4,6,9-13,23-24,26-28,36H,1,3,5,7-8,14-21H2,2H3,(H,33,37)/t23-,24-,26+,27+,28-,32+/m0/s1. The number of rotatable bonds is 16. The van der Waals surface area contributed by atoms with Gasteiger partial charge in [0.05, 0.1) is 31.1 Å². The molecule has 1 spiro atoms. The Morgan fingerprint density at radius 2 is 2.02 bits per heavy atom. The van der Waals surface area contributed by atoms with E-state index in [1.54, 1.807) is 17.1 Å². The fourth-order valence-corrected chi connectivity index (χ4v) is 6.66. The molecule has 4 rings (SSSR count). The van der Waals surface area contributed by atoms with Gasteiger partial charge in [-0.25, -0.2) is 0 Å². The summed E-state index contributed by atoms with van der Waals surface area (Å²) in [4.78, 5) is 57.2. The summed E-state index contributed by atoms with van der Waals surface area (Å²) in [5.74, 6) is -3.23. The number of hydrogen-bond donors (Lipinski definition) is 2. The molecule has 0 aliphatic carbocycles. The lowest BCUT2D eigenvalue weighted by atomic mass is 9.70. The van der Waals surface area contributed by atoms with Crippen molar-refractivity contribution < 1.29 is 33.8 Å². The topological polar surface area (TPSA) is 125 Å². The van der Waals surface area contributed by atoms with Gasteiger partial charge in [-0.15, -0.1) is 13.2 Å². The number of aliphatic hydroxyl groups is 1. The zero-order valence-corrected chi connectivity index (χ0v) is 24.4. The van der Waals surface area contributed by atoms with Crippen molar-refractivity contribution in [2.75, 3.05) is 32.8 Å². The van der Waals surface area contributed by atoms with E-state index in [0.717, 1.165) is 12.8 Å². The van der Waals surface area contributed by atoms with Gasteiger partial charge in [0.25, 0.3) is 0 Å². The van der Waals surface area contributed by atoms with Crippen LogP contribution in [-0.2, 0) is 28.7 Å². The Bertz CT molecular complexity index is 1160. The van der Waals surface area contributed by atoms with Gasteiger partial charge in [-0.3, -0.25) is 19.2 Å². The number of nitrogens with zero attached hydrogens (tertiary/aromatic N) is 2. The summed E-state index contributed by atoms with van der Waals surface area (Å²) in [5.41, 5.74) is -0.470. The zero-order valence-electron chi connectivity index (χ0n) is 24.4. The zero-order chi connectivity index (χ0) is 30.3. The summed E-state index contributed by atoms with van der Waals surface area (Å²) in [6.07, 6.45) is 5.41. The first kappa shape index (κ1) is 31.4. The van der Waals surface area contributed by atoms with E-state index in [9.17, 15) is 24.3 Å². The van der Waals surface area contributed by atoms with Crippen LogP contribution in [0, 0.1) is 11.8 Å². The summed E-state index contributed by atoms with van der Waals surface area (Å²) in [5, 5.41) is 12.7. The predicted molar refractivity (Wildman–Crippen MR) is 156 cm³/mol. The van der Waals surface area contributed by atoms with Gasteiger partial charge < -0.3 is 29.7 Å². The smallest absolute Gasteiger partial charge is 0.313 e. The fraction of sp³-hybridized carbons (Fsp3) is 0.562. The maximum Gasteiger partial charge on any atom is 0.313 e. The molecule has 0 saturated carbocycles. The van der Waals surface area contributed by atoms with Gasteiger partial charge in [-0.05, 0) is 31.2 Å². The highest BCUT2D eigenvalue weighted by molar-refractivity contribution is 5.98. The van der Waals surface area contributed by atoms with Crippen molar-refractivity contribution in [3.63, 3.8) is 0 Å². The number of allylic oxidation sites excluding steroid dienone is 1. The molecule has 3 amide bonds. The minimum atomic E-state index is -1.18. The molecule has 2 bridgehead atoms. The SMILES string of the molecule is C=CCCC(=O)NC[C@H](OC(=O)[C@@H]1[C@@H]2CC[C@]3(O2)[C@H](C(=O)N(CC=C)CCCC)N(CCO)C(=O)[C@@H]13)c1ccccc1. The third kappa shape index (κ3) is 6.15. The maximum atomic E-state index is 14.0. The molecule has 3 saturated heterocycles. The monoisotopic (exact) mass is 581 g/mol. The van der Waals surface area contributed by atoms with Gasteiger partial charge in [0, 0.05) is 26.1 Å². The average Bonchev–Trinajstić information content (AvgIpc) is 3.64. The Balaban J connectivity index is 1.60. The normalized spacial score (nSPS) is 26.4. The van der Waals surface area contributed by atoms with Gasteiger partial charge in [0.2, 0.25) is 17.7 Å². The molecule has 10 nitrogen and oxygen atoms in total. The Kier molecular flexibility index (Phi) is 10.6. The number of likely N-dealkylation sites (tertiary alicyclic amines) is 1. The third-order valence-corrected chi connectivity index (χ3v) is 8.58. The Labute approximate surface area is 247 Å². The quantitative estimate of drug-likeness (QED) is 0.227. The number of amides is 3. The van der Waals surface area contributed by atoms with Crippen molar-refractivity contribution in [1.29, 1.82) is 0 Å². The molecule has 0 aromatic heterocycles. The molecule has 1 aromatic rings. The van der Waals surface area contributed by atoms with Gasteiger partial charge >= 0.3 is 5.97 Å². The van der Waals surface area contributed by atoms with E-state index < -0.39 is 41.7 Å². The molecule has 6 atom stereocenters. The van der Waals surface area contributed by atoms with Crippen LogP contribution in [-0.4, -0.2) is 89.1 Å². The highest BCUT2D eigenvalue weighted by Gasteiger charge is 2.75. The molecular formula is C32H43N3O7. The van der Waals surface area contributed by atoms with Crippen LogP contribution in [0.3, 0.4) is 0 Å². The van der Waals surface area contributed by atoms with Crippen molar-refractivity contribution in [3.8, 4) is 0 Å². The van der Waals surface area contributed by atoms with Crippen LogP contribution in [0.4, 0.5) is 0 Å². The first-order valence-corrected chi connectivity index (χ1v) is 14.9. The molecule has 10 heteroatoms. The molecule has 2 N–H and O–H groups in total. The molecular weight excluding hydrogens is 538 g/mol. The number of esters is 1. The van der Waals surface area contributed by atoms with Crippen molar-refractivity contribution in [2.24, 2.45) is 11.8 Å². The minimum absolute atomic E-state index is 0.0393. The molecule has 3 aliphatic heterocycles. The van der Waals surface area contributed by atoms with Crippen LogP contribution >= 0.6 is 0 Å². The van der Waals surface area contributed by atoms with E-state index in [2.05, 4.69) is 18.5 Å². The first-order chi connectivity index (χ1) is 20.3. The second-order valence-electron chi connectivity index (χ2n) is 11.2. The van der Waals surface area contributed by atoms with Crippen molar-refractivity contribution in [2.45, 2.75) is 69.3 Å². The van der Waals surface area contributed by atoms with E-state index in [1.807, 2.05) is 37.3 Å². The number of fused-ring (bicyclic) bond motifs is 1. The minimum Gasteiger partial charge on any atom is -0.455 e. The van der Waals surface area contributed by atoms with Gasteiger partial charge in [-0.1, -0.05) is 55.8 Å². The average molecular weight is 582 g/mol. The highest BCUT2D eigenvalue weighted by atomic mass is 16.6. The number of ether oxygens (including phenoxy) is 2. The van der Waals surface area contributed by atoms with E-state index in [4.69, 9.17) is 9.47 Å². The second kappa shape index (κ2) is 14.1. The number of hydrogen-bond acceptors (Lipinski definition) is 7. The number of unbranched alkanes of at least 4 members (excludes halogenated alkanes) is 1. The predicted octanol–water partition coefficient (Wildman–Crippen LogP) is 2.53. The number of carbonyl (C=O) groups is 4. The van der Waals surface area contributed by atoms with Crippen LogP contribution in [0.1, 0.15) is 57.1 Å². The van der Waals surface area contributed by atoms with E-state index in [1.165, 1.54) is 4.90 Å². The largest absolute Gasteiger partial charge is 0.455 e. The Morgan fingerprint density at radius 1 is 1.26 bits per heavy atom. The second-order valence-corrected chi connectivity index (χ2v) is 11.2. The molecule has 228 valence electrons. The van der Waals surface area contributed by atoms with Gasteiger partial charge in [0.15, 0.2) is 0 Å². The third-order valence-electron chi connectivity index (χ3n) is 8.58. The molecule has 3 heterocycles. The lowest BCUT2D eigenvalue weighted by Gasteiger charge is -2.36. The molecule has 3 aliphatic rings. The number of β-amino-alcohol motifs (C(OH)–C–C–N with tert-alkyl or cyclic N) is 1. The summed E-state index contributed by atoms with van der Waals surface area (Å²) in [6.45, 7) is 10.0. The molecule has 1 aromatic carbocycles. The van der Waals surface area contributed by atoms with Crippen LogP contribution in [0.15, 0.2) is 55.6 Å². The summed E-state index contributed by atoms with van der Waals surface area (Å²) >= 11 is 0. The van der Waals surface area contributed by atoms with Gasteiger partial charge in [0.1, 0.15) is 17.7 Å². The van der Waals surface area contributed by atoms with E-state index >= 15 is 0 Å². The lowest BCUT2D eigenvalue weighted by molar-refractivity contribution is -0.160. The van der Waals surface area contributed by atoms with Crippen molar-refractivity contribution in [3.05, 3.63) is 61.2 Å². The number of nitrogens with one attached hydrogen (secondary N) is 1. The fourth-order valence-electron chi connectivity index (χ4n) is 6.66. The van der Waals surface area contributed by atoms with Crippen LogP contribution in [0.25, 0.3) is 0 Å². The van der Waals surface area contributed by atoms with Crippen LogP contribution < -0.4 is 5.32 Å². The summed E-state index contributed by atoms with van der Waals surface area (Å²) in [6, 6.07) is 8.17. The Hall–Kier alpha value is -3.50.